The molecule has 0 radical (unpaired) electrons. The molecule has 4 rings (SSSR count). The molecule has 4 fully saturated rings. The Labute approximate surface area is 121 Å². The minimum atomic E-state index is 0.0545. The molecule has 2 atom stereocenters. The Kier molecular flexibility index (Phi) is 3.80. The van der Waals surface area contributed by atoms with E-state index >= 15 is 0 Å². The largest absolute Gasteiger partial charge is 0.378 e. The van der Waals surface area contributed by atoms with Crippen molar-refractivity contribution in [3.8, 4) is 0 Å². The highest BCUT2D eigenvalue weighted by molar-refractivity contribution is 5.79. The summed E-state index contributed by atoms with van der Waals surface area (Å²) in [5.74, 6) is 0.399. The smallest absolute Gasteiger partial charge is 0.223 e. The van der Waals surface area contributed by atoms with Crippen LogP contribution >= 0.6 is 0 Å². The first-order valence-electron chi connectivity index (χ1n) is 8.19. The van der Waals surface area contributed by atoms with E-state index in [2.05, 4.69) is 5.32 Å². The van der Waals surface area contributed by atoms with Crippen molar-refractivity contribution in [3.05, 3.63) is 0 Å². The zero-order valence-electron chi connectivity index (χ0n) is 12.6. The van der Waals surface area contributed by atoms with Gasteiger partial charge >= 0.3 is 0 Å². The second kappa shape index (κ2) is 5.30. The lowest BCUT2D eigenvalue weighted by Gasteiger charge is -2.53. The van der Waals surface area contributed by atoms with Crippen LogP contribution in [0.2, 0.25) is 0 Å². The number of fused-ring (bicyclic) bond motifs is 3. The molecule has 4 nitrogen and oxygen atoms in total. The minimum absolute atomic E-state index is 0.0545. The quantitative estimate of drug-likeness (QED) is 0.832. The maximum absolute atomic E-state index is 12.5. The van der Waals surface area contributed by atoms with Gasteiger partial charge in [-0.2, -0.15) is 0 Å². The van der Waals surface area contributed by atoms with E-state index in [-0.39, 0.29) is 29.0 Å². The fraction of sp³-hybridized carbons (Fsp3) is 0.938. The van der Waals surface area contributed by atoms with Gasteiger partial charge in [0.1, 0.15) is 0 Å². The van der Waals surface area contributed by atoms with E-state index in [1.54, 1.807) is 0 Å². The monoisotopic (exact) mass is 280 g/mol. The van der Waals surface area contributed by atoms with Crippen molar-refractivity contribution >= 4 is 5.91 Å². The van der Waals surface area contributed by atoms with Gasteiger partial charge in [-0.1, -0.05) is 6.42 Å². The summed E-state index contributed by atoms with van der Waals surface area (Å²) in [6, 6.07) is 0.218. The van der Waals surface area contributed by atoms with Gasteiger partial charge in [0.15, 0.2) is 0 Å². The number of carbonyl (C=O) groups is 1. The van der Waals surface area contributed by atoms with E-state index < -0.39 is 0 Å². The number of rotatable bonds is 3. The lowest BCUT2D eigenvalue weighted by Crippen LogP contribution is -2.60. The van der Waals surface area contributed by atoms with E-state index in [0.29, 0.717) is 0 Å². The minimum Gasteiger partial charge on any atom is -0.378 e. The first-order chi connectivity index (χ1) is 9.56. The van der Waals surface area contributed by atoms with Gasteiger partial charge in [0.2, 0.25) is 5.91 Å². The molecular weight excluding hydrogens is 252 g/mol. The molecular formula is C16H28N2O2. The van der Waals surface area contributed by atoms with Crippen molar-refractivity contribution in [3.63, 3.8) is 0 Å². The van der Waals surface area contributed by atoms with Crippen LogP contribution in [-0.4, -0.2) is 30.2 Å². The number of methoxy groups -OCH3 is 1. The molecule has 1 amide bonds. The fourth-order valence-electron chi connectivity index (χ4n) is 4.47. The van der Waals surface area contributed by atoms with Crippen molar-refractivity contribution in [2.75, 3.05) is 7.11 Å². The number of carbonyl (C=O) groups excluding carboxylic acids is 1. The predicted molar refractivity (Wildman–Crippen MR) is 78.2 cm³/mol. The van der Waals surface area contributed by atoms with Crippen molar-refractivity contribution in [1.82, 2.24) is 5.32 Å². The summed E-state index contributed by atoms with van der Waals surface area (Å²) < 4.78 is 5.72. The van der Waals surface area contributed by atoms with Crippen LogP contribution in [0.25, 0.3) is 0 Å². The van der Waals surface area contributed by atoms with Crippen LogP contribution in [0.3, 0.4) is 0 Å². The standard InChI is InChI=1S/C16H28N2O2/c1-20-16-8-5-15(6-9-16,7-10-16)18-14(19)12-3-2-4-13(17)11-12/h12-13H,2-11,17H2,1H3,(H,18,19)/t12-,13+,15?,16?/m0/s1. The Bertz CT molecular complexity index is 358. The van der Waals surface area contributed by atoms with E-state index in [9.17, 15) is 4.79 Å². The fourth-order valence-corrected chi connectivity index (χ4v) is 4.47. The number of ether oxygens (including phenoxy) is 1. The summed E-state index contributed by atoms with van der Waals surface area (Å²) >= 11 is 0. The number of hydrogen-bond donors (Lipinski definition) is 2. The molecule has 0 aromatic rings. The van der Waals surface area contributed by atoms with Crippen molar-refractivity contribution in [1.29, 1.82) is 0 Å². The molecule has 4 saturated carbocycles. The Morgan fingerprint density at radius 2 is 1.80 bits per heavy atom. The highest BCUT2D eigenvalue weighted by atomic mass is 16.5. The molecule has 0 spiro atoms. The first-order valence-corrected chi connectivity index (χ1v) is 8.19. The average Bonchev–Trinajstić information content (AvgIpc) is 2.49. The van der Waals surface area contributed by atoms with Crippen LogP contribution in [-0.2, 0) is 9.53 Å². The van der Waals surface area contributed by atoms with E-state index in [1.165, 1.54) is 0 Å². The molecule has 114 valence electrons. The molecule has 4 heteroatoms. The van der Waals surface area contributed by atoms with Crippen LogP contribution in [0.15, 0.2) is 0 Å². The Balaban J connectivity index is 1.59. The topological polar surface area (TPSA) is 64.3 Å². The third-order valence-corrected chi connectivity index (χ3v) is 6.08. The molecule has 2 bridgehead atoms. The van der Waals surface area contributed by atoms with Gasteiger partial charge in [-0.15, -0.1) is 0 Å². The van der Waals surface area contributed by atoms with Gasteiger partial charge in [0.25, 0.3) is 0 Å². The number of nitrogens with two attached hydrogens (primary N) is 1. The van der Waals surface area contributed by atoms with Crippen LogP contribution < -0.4 is 11.1 Å². The molecule has 4 aliphatic carbocycles. The molecule has 0 saturated heterocycles. The Hall–Kier alpha value is -0.610. The van der Waals surface area contributed by atoms with E-state index in [1.807, 2.05) is 7.11 Å². The maximum atomic E-state index is 12.5. The Morgan fingerprint density at radius 1 is 1.15 bits per heavy atom. The van der Waals surface area contributed by atoms with Crippen LogP contribution in [0.5, 0.6) is 0 Å². The first kappa shape index (κ1) is 14.3. The zero-order valence-corrected chi connectivity index (χ0v) is 12.6. The van der Waals surface area contributed by atoms with Crippen LogP contribution in [0.1, 0.15) is 64.2 Å². The van der Waals surface area contributed by atoms with Gasteiger partial charge in [-0.25, -0.2) is 0 Å². The van der Waals surface area contributed by atoms with E-state index in [0.717, 1.165) is 64.2 Å². The highest BCUT2D eigenvalue weighted by Crippen LogP contribution is 2.48. The van der Waals surface area contributed by atoms with Crippen molar-refractivity contribution in [2.45, 2.75) is 81.4 Å². The van der Waals surface area contributed by atoms with Gasteiger partial charge in [-0.3, -0.25) is 4.79 Å². The molecule has 0 aromatic carbocycles. The van der Waals surface area contributed by atoms with Gasteiger partial charge in [0.05, 0.1) is 5.60 Å². The number of amides is 1. The lowest BCUT2D eigenvalue weighted by molar-refractivity contribution is -0.135. The number of hydrogen-bond acceptors (Lipinski definition) is 3. The summed E-state index contributed by atoms with van der Waals surface area (Å²) in [6.07, 6.45) is 10.5. The third kappa shape index (κ3) is 2.60. The van der Waals surface area contributed by atoms with Crippen molar-refractivity contribution in [2.24, 2.45) is 11.7 Å². The predicted octanol–water partition coefficient (Wildman–Crippen LogP) is 2.11. The normalized spacial score (nSPS) is 44.3. The zero-order chi connectivity index (χ0) is 14.2. The molecule has 4 aliphatic rings. The lowest BCUT2D eigenvalue weighted by atomic mass is 9.63. The molecule has 20 heavy (non-hydrogen) atoms. The SMILES string of the molecule is COC12CCC(NC(=O)[C@H]3CCC[C@@H](N)C3)(CC1)CC2. The number of nitrogens with one attached hydrogen (secondary N) is 1. The summed E-state index contributed by atoms with van der Waals surface area (Å²) in [5.41, 5.74) is 6.17. The summed E-state index contributed by atoms with van der Waals surface area (Å²) in [7, 11) is 1.83. The average molecular weight is 280 g/mol. The van der Waals surface area contributed by atoms with E-state index in [4.69, 9.17) is 10.5 Å². The van der Waals surface area contributed by atoms with Crippen LogP contribution in [0.4, 0.5) is 0 Å². The maximum Gasteiger partial charge on any atom is 0.223 e. The van der Waals surface area contributed by atoms with Gasteiger partial charge in [-0.05, 0) is 57.8 Å². The molecule has 0 unspecified atom stereocenters. The van der Waals surface area contributed by atoms with Gasteiger partial charge < -0.3 is 15.8 Å². The highest BCUT2D eigenvalue weighted by Gasteiger charge is 2.49. The summed E-state index contributed by atoms with van der Waals surface area (Å²) in [4.78, 5) is 12.5. The molecule has 0 aromatic heterocycles. The van der Waals surface area contributed by atoms with Gasteiger partial charge in [0, 0.05) is 24.6 Å². The molecule has 0 aliphatic heterocycles. The van der Waals surface area contributed by atoms with Crippen molar-refractivity contribution < 1.29 is 9.53 Å². The summed E-state index contributed by atoms with van der Waals surface area (Å²) in [6.45, 7) is 0. The van der Waals surface area contributed by atoms with Crippen LogP contribution in [0, 0.1) is 5.92 Å². The third-order valence-electron chi connectivity index (χ3n) is 6.08. The second-order valence-electron chi connectivity index (χ2n) is 7.28. The molecule has 3 N–H and O–H groups in total. The summed E-state index contributed by atoms with van der Waals surface area (Å²) in [5, 5.41) is 3.40. The Morgan fingerprint density at radius 3 is 2.35 bits per heavy atom. The second-order valence-corrected chi connectivity index (χ2v) is 7.28. The molecule has 0 heterocycles.